The summed E-state index contributed by atoms with van der Waals surface area (Å²) in [6, 6.07) is 19.8. The number of fused-ring (bicyclic) bond motifs is 3. The van der Waals surface area contributed by atoms with Crippen molar-refractivity contribution in [1.82, 2.24) is 15.1 Å². The first-order valence-corrected chi connectivity index (χ1v) is 10.2. The standard InChI is InChI=1S/C24H20N4O/c25-14-15-6-8-18(9-7-15)28-22-19-12-16(19)13-20(22)21(27-28)23(29)26-24(10-11-24)17-4-2-1-3-5-17/h1-9,16,19H,10-13H2,(H,26,29)/t16-,19-/m1/s1. The predicted molar refractivity (Wildman–Crippen MR) is 108 cm³/mol. The van der Waals surface area contributed by atoms with E-state index in [1.807, 2.05) is 35.0 Å². The maximum atomic E-state index is 13.3. The lowest BCUT2D eigenvalue weighted by Gasteiger charge is -2.17. The summed E-state index contributed by atoms with van der Waals surface area (Å²) >= 11 is 0. The average molecular weight is 380 g/mol. The molecule has 1 N–H and O–H groups in total. The Labute approximate surface area is 169 Å². The molecule has 29 heavy (non-hydrogen) atoms. The highest BCUT2D eigenvalue weighted by Crippen LogP contribution is 2.57. The van der Waals surface area contributed by atoms with Gasteiger partial charge in [-0.05, 0) is 61.4 Å². The fraction of sp³-hybridized carbons (Fsp3) is 0.292. The van der Waals surface area contributed by atoms with Crippen LogP contribution in [-0.4, -0.2) is 15.7 Å². The first-order valence-electron chi connectivity index (χ1n) is 10.2. The molecule has 5 nitrogen and oxygen atoms in total. The Morgan fingerprint density at radius 1 is 1.14 bits per heavy atom. The molecule has 3 aliphatic rings. The SMILES string of the molecule is N#Cc1ccc(-n2nc(C(=O)NC3(c4ccccc4)CC3)c3c2[C@@H]2C[C@@H]2C3)cc1. The normalized spacial score (nSPS) is 22.3. The van der Waals surface area contributed by atoms with Gasteiger partial charge >= 0.3 is 0 Å². The highest BCUT2D eigenvalue weighted by molar-refractivity contribution is 5.95. The molecular formula is C24H20N4O. The van der Waals surface area contributed by atoms with Crippen LogP contribution in [0.2, 0.25) is 0 Å². The van der Waals surface area contributed by atoms with Gasteiger partial charge in [0.25, 0.3) is 5.91 Å². The van der Waals surface area contributed by atoms with E-state index in [2.05, 4.69) is 23.5 Å². The molecular weight excluding hydrogens is 360 g/mol. The van der Waals surface area contributed by atoms with Gasteiger partial charge in [-0.3, -0.25) is 4.79 Å². The molecule has 1 aromatic heterocycles. The van der Waals surface area contributed by atoms with E-state index in [9.17, 15) is 4.79 Å². The molecule has 0 aliphatic heterocycles. The van der Waals surface area contributed by atoms with Gasteiger partial charge < -0.3 is 5.32 Å². The number of nitrogens with zero attached hydrogens (tertiary/aromatic N) is 3. The number of nitriles is 1. The Balaban J connectivity index is 1.36. The zero-order chi connectivity index (χ0) is 19.6. The van der Waals surface area contributed by atoms with E-state index in [0.717, 1.165) is 30.5 Å². The third-order valence-corrected chi connectivity index (χ3v) is 6.65. The number of hydrogen-bond donors (Lipinski definition) is 1. The second kappa shape index (κ2) is 5.81. The van der Waals surface area contributed by atoms with Gasteiger partial charge in [0.2, 0.25) is 0 Å². The number of aromatic nitrogens is 2. The number of carbonyl (C=O) groups is 1. The number of amides is 1. The molecule has 1 amide bonds. The number of benzene rings is 2. The molecule has 1 heterocycles. The van der Waals surface area contributed by atoms with Crippen LogP contribution in [0.3, 0.4) is 0 Å². The molecule has 2 fully saturated rings. The number of hydrogen-bond acceptors (Lipinski definition) is 3. The molecule has 0 saturated heterocycles. The summed E-state index contributed by atoms with van der Waals surface area (Å²) in [5.41, 5.74) is 5.32. The monoisotopic (exact) mass is 380 g/mol. The second-order valence-electron chi connectivity index (χ2n) is 8.49. The molecule has 3 aliphatic carbocycles. The smallest absolute Gasteiger partial charge is 0.272 e. The molecule has 2 atom stereocenters. The molecule has 0 spiro atoms. The largest absolute Gasteiger partial charge is 0.341 e. The van der Waals surface area contributed by atoms with Crippen molar-refractivity contribution >= 4 is 5.91 Å². The second-order valence-corrected chi connectivity index (χ2v) is 8.49. The first kappa shape index (κ1) is 16.6. The Morgan fingerprint density at radius 2 is 1.90 bits per heavy atom. The number of nitrogens with one attached hydrogen (secondary N) is 1. The molecule has 5 heteroatoms. The average Bonchev–Trinajstić information content (AvgIpc) is 3.64. The Hall–Kier alpha value is -3.39. The Bertz CT molecular complexity index is 1170. The molecule has 0 radical (unpaired) electrons. The van der Waals surface area contributed by atoms with Gasteiger partial charge in [0.1, 0.15) is 0 Å². The topological polar surface area (TPSA) is 70.7 Å². The molecule has 3 aromatic rings. The van der Waals surface area contributed by atoms with Crippen LogP contribution in [0.15, 0.2) is 54.6 Å². The van der Waals surface area contributed by atoms with Crippen LogP contribution in [0.4, 0.5) is 0 Å². The van der Waals surface area contributed by atoms with Gasteiger partial charge in [0.15, 0.2) is 5.69 Å². The van der Waals surface area contributed by atoms with Crippen molar-refractivity contribution in [3.63, 3.8) is 0 Å². The van der Waals surface area contributed by atoms with Crippen LogP contribution in [-0.2, 0) is 12.0 Å². The van der Waals surface area contributed by atoms with Crippen LogP contribution in [0.25, 0.3) is 5.69 Å². The minimum absolute atomic E-state index is 0.0729. The van der Waals surface area contributed by atoms with E-state index in [4.69, 9.17) is 10.4 Å². The third kappa shape index (κ3) is 2.52. The van der Waals surface area contributed by atoms with Crippen molar-refractivity contribution in [2.75, 3.05) is 0 Å². The van der Waals surface area contributed by atoms with Crippen molar-refractivity contribution in [3.8, 4) is 11.8 Å². The van der Waals surface area contributed by atoms with E-state index < -0.39 is 0 Å². The number of carbonyl (C=O) groups excluding carboxylic acids is 1. The van der Waals surface area contributed by atoms with Gasteiger partial charge in [-0.1, -0.05) is 30.3 Å². The highest BCUT2D eigenvalue weighted by atomic mass is 16.2. The summed E-state index contributed by atoms with van der Waals surface area (Å²) in [6.07, 6.45) is 4.06. The zero-order valence-electron chi connectivity index (χ0n) is 15.9. The fourth-order valence-electron chi connectivity index (χ4n) is 4.82. The van der Waals surface area contributed by atoms with Crippen LogP contribution < -0.4 is 5.32 Å². The molecule has 2 aromatic carbocycles. The van der Waals surface area contributed by atoms with Gasteiger partial charge in [0, 0.05) is 11.5 Å². The molecule has 2 saturated carbocycles. The Morgan fingerprint density at radius 3 is 2.59 bits per heavy atom. The summed E-state index contributed by atoms with van der Waals surface area (Å²) in [5, 5.41) is 17.1. The minimum Gasteiger partial charge on any atom is -0.341 e. The zero-order valence-corrected chi connectivity index (χ0v) is 15.9. The van der Waals surface area contributed by atoms with E-state index in [1.54, 1.807) is 12.1 Å². The Kier molecular flexibility index (Phi) is 3.31. The highest BCUT2D eigenvalue weighted by Gasteiger charge is 2.51. The molecule has 0 unspecified atom stereocenters. The first-order chi connectivity index (χ1) is 14.2. The lowest BCUT2D eigenvalue weighted by molar-refractivity contribution is 0.0924. The summed E-state index contributed by atoms with van der Waals surface area (Å²) < 4.78 is 1.94. The van der Waals surface area contributed by atoms with E-state index >= 15 is 0 Å². The van der Waals surface area contributed by atoms with Crippen molar-refractivity contribution in [1.29, 1.82) is 5.26 Å². The predicted octanol–water partition coefficient (Wildman–Crippen LogP) is 3.82. The quantitative estimate of drug-likeness (QED) is 0.748. The lowest BCUT2D eigenvalue weighted by Crippen LogP contribution is -2.35. The summed E-state index contributed by atoms with van der Waals surface area (Å²) in [5.74, 6) is 1.10. The fourth-order valence-corrected chi connectivity index (χ4v) is 4.82. The van der Waals surface area contributed by atoms with E-state index in [-0.39, 0.29) is 11.4 Å². The third-order valence-electron chi connectivity index (χ3n) is 6.65. The maximum Gasteiger partial charge on any atom is 0.272 e. The maximum absolute atomic E-state index is 13.3. The molecule has 6 rings (SSSR count). The lowest BCUT2D eigenvalue weighted by atomic mass is 10.0. The summed E-state index contributed by atoms with van der Waals surface area (Å²) in [6.45, 7) is 0. The van der Waals surface area contributed by atoms with Crippen molar-refractivity contribution in [2.45, 2.75) is 37.1 Å². The van der Waals surface area contributed by atoms with Gasteiger partial charge in [-0.25, -0.2) is 4.68 Å². The minimum atomic E-state index is -0.245. The van der Waals surface area contributed by atoms with Crippen molar-refractivity contribution in [3.05, 3.63) is 82.7 Å². The molecule has 142 valence electrons. The van der Waals surface area contributed by atoms with Crippen molar-refractivity contribution in [2.24, 2.45) is 5.92 Å². The van der Waals surface area contributed by atoms with Crippen LogP contribution in [0.5, 0.6) is 0 Å². The van der Waals surface area contributed by atoms with E-state index in [1.165, 1.54) is 17.7 Å². The number of rotatable bonds is 4. The summed E-state index contributed by atoms with van der Waals surface area (Å²) in [4.78, 5) is 13.3. The van der Waals surface area contributed by atoms with Crippen LogP contribution in [0, 0.1) is 17.2 Å². The summed E-state index contributed by atoms with van der Waals surface area (Å²) in [7, 11) is 0. The van der Waals surface area contributed by atoms with E-state index in [0.29, 0.717) is 23.1 Å². The van der Waals surface area contributed by atoms with Gasteiger partial charge in [0.05, 0.1) is 28.6 Å². The molecule has 0 bridgehead atoms. The van der Waals surface area contributed by atoms with Crippen LogP contribution in [0.1, 0.15) is 58.1 Å². The van der Waals surface area contributed by atoms with Gasteiger partial charge in [-0.2, -0.15) is 10.4 Å². The van der Waals surface area contributed by atoms with Crippen LogP contribution >= 0.6 is 0 Å². The van der Waals surface area contributed by atoms with Gasteiger partial charge in [-0.15, -0.1) is 0 Å². The van der Waals surface area contributed by atoms with Crippen molar-refractivity contribution < 1.29 is 4.79 Å².